The van der Waals surface area contributed by atoms with Crippen LogP contribution in [0.1, 0.15) is 43.7 Å². The van der Waals surface area contributed by atoms with E-state index in [1.807, 2.05) is 11.0 Å². The molecule has 0 spiro atoms. The van der Waals surface area contributed by atoms with E-state index in [1.165, 1.54) is 30.4 Å². The third kappa shape index (κ3) is 6.71. The molecule has 6 heteroatoms. The fourth-order valence-electron chi connectivity index (χ4n) is 4.86. The predicted octanol–water partition coefficient (Wildman–Crippen LogP) is 4.37. The monoisotopic (exact) mass is 560 g/mol. The van der Waals surface area contributed by atoms with Crippen molar-refractivity contribution in [3.8, 4) is 0 Å². The number of halogens is 1. The first-order valence-corrected chi connectivity index (χ1v) is 12.1. The van der Waals surface area contributed by atoms with Crippen LogP contribution in [0.25, 0.3) is 0 Å². The summed E-state index contributed by atoms with van der Waals surface area (Å²) in [4.78, 5) is 19.5. The van der Waals surface area contributed by atoms with Crippen LogP contribution in [0.4, 0.5) is 0 Å². The summed E-state index contributed by atoms with van der Waals surface area (Å²) in [6.45, 7) is 6.13. The summed E-state index contributed by atoms with van der Waals surface area (Å²) in [6, 6.07) is 21.2. The summed E-state index contributed by atoms with van der Waals surface area (Å²) < 4.78 is 0. The number of hydrogen-bond acceptors (Lipinski definition) is 2. The molecule has 2 aliphatic rings. The Morgan fingerprint density at radius 2 is 1.76 bits per heavy atom. The van der Waals surface area contributed by atoms with E-state index < -0.39 is 0 Å². The molecule has 1 atom stereocenters. The van der Waals surface area contributed by atoms with Crippen LogP contribution in [0.3, 0.4) is 0 Å². The second-order valence-corrected chi connectivity index (χ2v) is 9.22. The molecule has 2 fully saturated rings. The Hall–Kier alpha value is -2.09. The van der Waals surface area contributed by atoms with Crippen molar-refractivity contribution < 1.29 is 4.79 Å². The zero-order valence-electron chi connectivity index (χ0n) is 19.6. The Labute approximate surface area is 215 Å². The minimum Gasteiger partial charge on any atom is -0.357 e. The highest BCUT2D eigenvalue weighted by molar-refractivity contribution is 14.0. The van der Waals surface area contributed by atoms with Crippen molar-refractivity contribution in [2.24, 2.45) is 10.9 Å². The maximum absolute atomic E-state index is 12.5. The van der Waals surface area contributed by atoms with E-state index in [2.05, 4.69) is 72.2 Å². The molecule has 1 amide bonds. The van der Waals surface area contributed by atoms with Gasteiger partial charge >= 0.3 is 0 Å². The van der Waals surface area contributed by atoms with Gasteiger partial charge in [0.05, 0.1) is 6.54 Å². The molecule has 2 aromatic rings. The topological polar surface area (TPSA) is 56.7 Å². The first-order valence-electron chi connectivity index (χ1n) is 12.1. The summed E-state index contributed by atoms with van der Waals surface area (Å²) >= 11 is 0. The number of nitrogens with zero attached hydrogens (tertiary/aromatic N) is 2. The zero-order chi connectivity index (χ0) is 22.2. The fraction of sp³-hybridized carbons (Fsp3) is 0.481. The van der Waals surface area contributed by atoms with E-state index in [9.17, 15) is 4.79 Å². The van der Waals surface area contributed by atoms with Crippen LogP contribution in [-0.2, 0) is 16.6 Å². The molecule has 1 unspecified atom stereocenters. The SMILES string of the molecule is CCNC(=NCC1(c2ccccc2)CCC1)NCC1CC(=O)N(CCc2ccccc2)C1.I. The summed E-state index contributed by atoms with van der Waals surface area (Å²) in [6.07, 6.45) is 5.21. The van der Waals surface area contributed by atoms with Gasteiger partial charge in [0.1, 0.15) is 0 Å². The van der Waals surface area contributed by atoms with Crippen molar-refractivity contribution in [1.82, 2.24) is 15.5 Å². The van der Waals surface area contributed by atoms with Gasteiger partial charge in [-0.05, 0) is 37.3 Å². The van der Waals surface area contributed by atoms with Gasteiger partial charge in [-0.25, -0.2) is 0 Å². The molecule has 1 aliphatic carbocycles. The van der Waals surface area contributed by atoms with E-state index in [4.69, 9.17) is 4.99 Å². The van der Waals surface area contributed by atoms with Crippen LogP contribution in [0.5, 0.6) is 0 Å². The Morgan fingerprint density at radius 1 is 1.06 bits per heavy atom. The van der Waals surface area contributed by atoms with Gasteiger partial charge in [0.2, 0.25) is 5.91 Å². The largest absolute Gasteiger partial charge is 0.357 e. The van der Waals surface area contributed by atoms with Gasteiger partial charge in [-0.1, -0.05) is 67.1 Å². The fourth-order valence-corrected chi connectivity index (χ4v) is 4.86. The first-order chi connectivity index (χ1) is 15.7. The lowest BCUT2D eigenvalue weighted by Crippen LogP contribution is -2.43. The second kappa shape index (κ2) is 12.4. The molecular formula is C27H37IN4O. The molecule has 1 saturated heterocycles. The second-order valence-electron chi connectivity index (χ2n) is 9.22. The smallest absolute Gasteiger partial charge is 0.223 e. The average molecular weight is 561 g/mol. The van der Waals surface area contributed by atoms with E-state index in [0.29, 0.717) is 12.3 Å². The van der Waals surface area contributed by atoms with Gasteiger partial charge < -0.3 is 15.5 Å². The Balaban J connectivity index is 0.00000306. The lowest BCUT2D eigenvalue weighted by molar-refractivity contribution is -0.127. The number of nitrogens with one attached hydrogen (secondary N) is 2. The van der Waals surface area contributed by atoms with Gasteiger partial charge in [-0.15, -0.1) is 24.0 Å². The summed E-state index contributed by atoms with van der Waals surface area (Å²) in [5.41, 5.74) is 2.87. The molecule has 1 aliphatic heterocycles. The van der Waals surface area contributed by atoms with Crippen LogP contribution in [-0.4, -0.2) is 49.5 Å². The van der Waals surface area contributed by atoms with E-state index in [-0.39, 0.29) is 35.3 Å². The van der Waals surface area contributed by atoms with Crippen LogP contribution >= 0.6 is 24.0 Å². The third-order valence-corrected chi connectivity index (χ3v) is 6.95. The van der Waals surface area contributed by atoms with Crippen LogP contribution < -0.4 is 10.6 Å². The first kappa shape index (κ1) is 25.5. The van der Waals surface area contributed by atoms with Crippen molar-refractivity contribution >= 4 is 35.8 Å². The van der Waals surface area contributed by atoms with Gasteiger partial charge in [0.25, 0.3) is 0 Å². The molecule has 1 saturated carbocycles. The van der Waals surface area contributed by atoms with Crippen molar-refractivity contribution in [2.45, 2.75) is 44.4 Å². The van der Waals surface area contributed by atoms with Crippen LogP contribution in [0.15, 0.2) is 65.7 Å². The molecule has 0 radical (unpaired) electrons. The average Bonchev–Trinajstić information content (AvgIpc) is 3.16. The zero-order valence-corrected chi connectivity index (χ0v) is 22.0. The number of guanidine groups is 1. The summed E-state index contributed by atoms with van der Waals surface area (Å²) in [5, 5.41) is 6.90. The summed E-state index contributed by atoms with van der Waals surface area (Å²) in [7, 11) is 0. The molecule has 4 rings (SSSR count). The molecule has 33 heavy (non-hydrogen) atoms. The van der Waals surface area contributed by atoms with Gasteiger partial charge in [0.15, 0.2) is 5.96 Å². The number of rotatable bonds is 9. The number of likely N-dealkylation sites (tertiary alicyclic amines) is 1. The van der Waals surface area contributed by atoms with E-state index in [0.717, 1.165) is 45.1 Å². The summed E-state index contributed by atoms with van der Waals surface area (Å²) in [5.74, 6) is 1.46. The van der Waals surface area contributed by atoms with Crippen LogP contribution in [0.2, 0.25) is 0 Å². The Bertz CT molecular complexity index is 899. The molecule has 2 aromatic carbocycles. The lowest BCUT2D eigenvalue weighted by Gasteiger charge is -2.41. The molecule has 0 aromatic heterocycles. The quantitative estimate of drug-likeness (QED) is 0.272. The van der Waals surface area contributed by atoms with E-state index >= 15 is 0 Å². The van der Waals surface area contributed by atoms with Gasteiger partial charge in [-0.3, -0.25) is 9.79 Å². The predicted molar refractivity (Wildman–Crippen MR) is 146 cm³/mol. The molecule has 1 heterocycles. The maximum Gasteiger partial charge on any atom is 0.223 e. The minimum absolute atomic E-state index is 0. The number of carbonyl (C=O) groups is 1. The molecule has 178 valence electrons. The van der Waals surface area contributed by atoms with E-state index in [1.54, 1.807) is 0 Å². The Kier molecular flexibility index (Phi) is 9.59. The number of amides is 1. The normalized spacial score (nSPS) is 19.5. The maximum atomic E-state index is 12.5. The van der Waals surface area contributed by atoms with Crippen molar-refractivity contribution in [1.29, 1.82) is 0 Å². The minimum atomic E-state index is 0. The van der Waals surface area contributed by atoms with Crippen molar-refractivity contribution in [2.75, 3.05) is 32.7 Å². The molecule has 0 bridgehead atoms. The molecule has 2 N–H and O–H groups in total. The highest BCUT2D eigenvalue weighted by atomic mass is 127. The molecule has 5 nitrogen and oxygen atoms in total. The number of aliphatic imine (C=N–C) groups is 1. The van der Waals surface area contributed by atoms with Gasteiger partial charge in [-0.2, -0.15) is 0 Å². The van der Waals surface area contributed by atoms with Gasteiger partial charge in [0, 0.05) is 43.9 Å². The molecular weight excluding hydrogens is 523 g/mol. The number of benzene rings is 2. The number of hydrogen-bond donors (Lipinski definition) is 2. The number of carbonyl (C=O) groups excluding carboxylic acids is 1. The van der Waals surface area contributed by atoms with Crippen LogP contribution in [0, 0.1) is 5.92 Å². The third-order valence-electron chi connectivity index (χ3n) is 6.95. The lowest BCUT2D eigenvalue weighted by atomic mass is 9.64. The van der Waals surface area contributed by atoms with Crippen molar-refractivity contribution in [3.05, 3.63) is 71.8 Å². The highest BCUT2D eigenvalue weighted by Gasteiger charge is 2.38. The Morgan fingerprint density at radius 3 is 2.39 bits per heavy atom. The standard InChI is InChI=1S/C27H36N4O.HI/c1-2-28-26(30-21-27(15-9-16-27)24-12-7-4-8-13-24)29-19-23-18-25(32)31(20-23)17-14-22-10-5-3-6-11-22;/h3-8,10-13,23H,2,9,14-21H2,1H3,(H2,28,29,30);1H. The highest BCUT2D eigenvalue weighted by Crippen LogP contribution is 2.43. The van der Waals surface area contributed by atoms with Crippen molar-refractivity contribution in [3.63, 3.8) is 0 Å².